The number of fused-ring (bicyclic) bond motifs is 1. The van der Waals surface area contributed by atoms with E-state index in [1.54, 1.807) is 0 Å². The molecule has 4 heterocycles. The maximum atomic E-state index is 13.3. The molecule has 1 amide bonds. The summed E-state index contributed by atoms with van der Waals surface area (Å²) in [5.74, 6) is 1.43. The number of amides is 1. The minimum absolute atomic E-state index is 0.0623. The highest BCUT2D eigenvalue weighted by atomic mass is 16.2. The fraction of sp³-hybridized carbons (Fsp3) is 0.476. The van der Waals surface area contributed by atoms with Gasteiger partial charge in [-0.15, -0.1) is 0 Å². The molecule has 0 N–H and O–H groups in total. The van der Waals surface area contributed by atoms with Crippen LogP contribution in [0, 0.1) is 6.92 Å². The summed E-state index contributed by atoms with van der Waals surface area (Å²) in [7, 11) is 4.16. The van der Waals surface area contributed by atoms with Gasteiger partial charge in [0.1, 0.15) is 17.2 Å². The van der Waals surface area contributed by atoms with Gasteiger partial charge in [0.25, 0.3) is 5.91 Å². The first kappa shape index (κ1) is 18.7. The number of hydrogen-bond donors (Lipinski definition) is 0. The molecule has 1 atom stereocenters. The second-order valence-corrected chi connectivity index (χ2v) is 7.85. The van der Waals surface area contributed by atoms with E-state index in [9.17, 15) is 4.79 Å². The zero-order valence-corrected chi connectivity index (χ0v) is 16.9. The highest BCUT2D eigenvalue weighted by Crippen LogP contribution is 2.27. The van der Waals surface area contributed by atoms with Crippen molar-refractivity contribution in [3.05, 3.63) is 54.0 Å². The van der Waals surface area contributed by atoms with Gasteiger partial charge in [-0.2, -0.15) is 0 Å². The summed E-state index contributed by atoms with van der Waals surface area (Å²) < 4.78 is 4.14. The van der Waals surface area contributed by atoms with Crippen LogP contribution < -0.4 is 0 Å². The molecule has 1 aliphatic rings. The summed E-state index contributed by atoms with van der Waals surface area (Å²) in [6.45, 7) is 5.29. The van der Waals surface area contributed by atoms with Crippen LogP contribution in [-0.4, -0.2) is 68.4 Å². The number of nitrogens with zero attached hydrogens (tertiary/aromatic N) is 6. The molecule has 0 bridgehead atoms. The molecule has 0 spiro atoms. The first-order chi connectivity index (χ1) is 13.5. The molecular formula is C21H28N6O. The predicted octanol–water partition coefficient (Wildman–Crippen LogP) is 2.42. The number of likely N-dealkylation sites (tertiary alicyclic amines) is 1. The second kappa shape index (κ2) is 7.75. The maximum absolute atomic E-state index is 13.3. The number of pyridine rings is 1. The molecule has 7 heteroatoms. The van der Waals surface area contributed by atoms with Gasteiger partial charge in [-0.25, -0.2) is 9.97 Å². The number of hydrogen-bond acceptors (Lipinski definition) is 4. The van der Waals surface area contributed by atoms with Crippen molar-refractivity contribution in [2.75, 3.05) is 33.7 Å². The van der Waals surface area contributed by atoms with Gasteiger partial charge in [0.2, 0.25) is 0 Å². The van der Waals surface area contributed by atoms with Crippen LogP contribution in [0.3, 0.4) is 0 Å². The normalized spacial score (nSPS) is 17.6. The maximum Gasteiger partial charge on any atom is 0.272 e. The second-order valence-electron chi connectivity index (χ2n) is 7.85. The smallest absolute Gasteiger partial charge is 0.272 e. The first-order valence-corrected chi connectivity index (χ1v) is 9.93. The summed E-state index contributed by atoms with van der Waals surface area (Å²) in [4.78, 5) is 26.7. The highest BCUT2D eigenvalue weighted by Gasteiger charge is 2.30. The monoisotopic (exact) mass is 380 g/mol. The van der Waals surface area contributed by atoms with Crippen LogP contribution >= 0.6 is 0 Å². The summed E-state index contributed by atoms with van der Waals surface area (Å²) in [5, 5.41) is 0. The van der Waals surface area contributed by atoms with Crippen molar-refractivity contribution in [2.24, 2.45) is 0 Å². The summed E-state index contributed by atoms with van der Waals surface area (Å²) in [5.41, 5.74) is 2.27. The third-order valence-corrected chi connectivity index (χ3v) is 5.52. The summed E-state index contributed by atoms with van der Waals surface area (Å²) in [6, 6.07) is 5.82. The van der Waals surface area contributed by atoms with E-state index in [1.165, 1.54) is 0 Å². The molecule has 0 saturated carbocycles. The number of imidazole rings is 2. The molecule has 4 rings (SSSR count). The number of rotatable bonds is 5. The Hall–Kier alpha value is -2.67. The molecule has 1 fully saturated rings. The van der Waals surface area contributed by atoms with Crippen LogP contribution in [0.4, 0.5) is 0 Å². The number of aromatic nitrogens is 4. The van der Waals surface area contributed by atoms with E-state index in [0.717, 1.165) is 49.6 Å². The molecule has 28 heavy (non-hydrogen) atoms. The topological polar surface area (TPSA) is 58.7 Å². The molecule has 0 radical (unpaired) electrons. The SMILES string of the molecule is Cc1nc2ccccn2c1C(=O)N1CCC[C@@H](c2nccn2CCN(C)C)C1. The van der Waals surface area contributed by atoms with Crippen LogP contribution in [0.1, 0.15) is 40.8 Å². The van der Waals surface area contributed by atoms with Gasteiger partial charge in [-0.1, -0.05) is 6.07 Å². The number of piperidine rings is 1. The van der Waals surface area contributed by atoms with Crippen molar-refractivity contribution in [3.8, 4) is 0 Å². The minimum atomic E-state index is 0.0623. The van der Waals surface area contributed by atoms with Crippen molar-refractivity contribution >= 4 is 11.6 Å². The van der Waals surface area contributed by atoms with Gasteiger partial charge < -0.3 is 14.4 Å². The summed E-state index contributed by atoms with van der Waals surface area (Å²) in [6.07, 6.45) is 7.90. The van der Waals surface area contributed by atoms with E-state index < -0.39 is 0 Å². The van der Waals surface area contributed by atoms with E-state index in [-0.39, 0.29) is 11.8 Å². The number of likely N-dealkylation sites (N-methyl/N-ethyl adjacent to an activating group) is 1. The van der Waals surface area contributed by atoms with Crippen LogP contribution in [0.5, 0.6) is 0 Å². The van der Waals surface area contributed by atoms with Crippen molar-refractivity contribution in [2.45, 2.75) is 32.2 Å². The number of carbonyl (C=O) groups excluding carboxylic acids is 1. The Morgan fingerprint density at radius 1 is 1.29 bits per heavy atom. The van der Waals surface area contributed by atoms with Crippen LogP contribution in [0.2, 0.25) is 0 Å². The molecule has 0 aromatic carbocycles. The van der Waals surface area contributed by atoms with Gasteiger partial charge in [-0.3, -0.25) is 9.20 Å². The zero-order valence-electron chi connectivity index (χ0n) is 16.9. The zero-order chi connectivity index (χ0) is 19.7. The highest BCUT2D eigenvalue weighted by molar-refractivity contribution is 5.94. The van der Waals surface area contributed by atoms with Gasteiger partial charge >= 0.3 is 0 Å². The van der Waals surface area contributed by atoms with E-state index in [2.05, 4.69) is 33.5 Å². The lowest BCUT2D eigenvalue weighted by Gasteiger charge is -2.32. The lowest BCUT2D eigenvalue weighted by molar-refractivity contribution is 0.0695. The third-order valence-electron chi connectivity index (χ3n) is 5.52. The van der Waals surface area contributed by atoms with Gasteiger partial charge in [0.05, 0.1) is 5.69 Å². The number of aryl methyl sites for hydroxylation is 1. The van der Waals surface area contributed by atoms with Crippen LogP contribution in [0.15, 0.2) is 36.8 Å². The largest absolute Gasteiger partial charge is 0.337 e. The van der Waals surface area contributed by atoms with Gasteiger partial charge in [0.15, 0.2) is 0 Å². The molecule has 1 saturated heterocycles. The Kier molecular flexibility index (Phi) is 5.17. The molecule has 1 aliphatic heterocycles. The van der Waals surface area contributed by atoms with E-state index in [4.69, 9.17) is 0 Å². The fourth-order valence-electron chi connectivity index (χ4n) is 4.07. The van der Waals surface area contributed by atoms with Crippen molar-refractivity contribution < 1.29 is 4.79 Å². The Morgan fingerprint density at radius 3 is 2.96 bits per heavy atom. The Bertz CT molecular complexity index is 972. The van der Waals surface area contributed by atoms with E-state index in [0.29, 0.717) is 12.2 Å². The molecule has 0 unspecified atom stereocenters. The van der Waals surface area contributed by atoms with Gasteiger partial charge in [0, 0.05) is 50.7 Å². The Labute approximate surface area is 165 Å². The molecule has 148 valence electrons. The van der Waals surface area contributed by atoms with Crippen molar-refractivity contribution in [1.82, 2.24) is 28.7 Å². The molecule has 0 aliphatic carbocycles. The molecule has 3 aromatic rings. The lowest BCUT2D eigenvalue weighted by atomic mass is 9.96. The first-order valence-electron chi connectivity index (χ1n) is 9.93. The third kappa shape index (κ3) is 3.54. The summed E-state index contributed by atoms with van der Waals surface area (Å²) >= 11 is 0. The minimum Gasteiger partial charge on any atom is -0.337 e. The number of carbonyl (C=O) groups is 1. The van der Waals surface area contributed by atoms with E-state index >= 15 is 0 Å². The van der Waals surface area contributed by atoms with Crippen molar-refractivity contribution in [3.63, 3.8) is 0 Å². The average molecular weight is 380 g/mol. The van der Waals surface area contributed by atoms with Crippen LogP contribution in [-0.2, 0) is 6.54 Å². The van der Waals surface area contributed by atoms with Crippen LogP contribution in [0.25, 0.3) is 5.65 Å². The fourth-order valence-corrected chi connectivity index (χ4v) is 4.07. The standard InChI is InChI=1S/C21H28N6O/c1-16-19(27-11-5-4-8-18(27)23-16)21(28)26-10-6-7-17(15-26)20-22-9-12-25(20)14-13-24(2)3/h4-5,8-9,11-12,17H,6-7,10,13-15H2,1-3H3/t17-/m1/s1. The van der Waals surface area contributed by atoms with E-state index in [1.807, 2.05) is 53.0 Å². The Morgan fingerprint density at radius 2 is 2.14 bits per heavy atom. The Balaban J connectivity index is 1.55. The van der Waals surface area contributed by atoms with Crippen molar-refractivity contribution in [1.29, 1.82) is 0 Å². The lowest BCUT2D eigenvalue weighted by Crippen LogP contribution is -2.40. The molecular weight excluding hydrogens is 352 g/mol. The van der Waals surface area contributed by atoms with Gasteiger partial charge in [-0.05, 0) is 46.0 Å². The predicted molar refractivity (Wildman–Crippen MR) is 109 cm³/mol. The average Bonchev–Trinajstić information content (AvgIpc) is 3.29. The molecule has 7 nitrogen and oxygen atoms in total. The molecule has 3 aromatic heterocycles. The quantitative estimate of drug-likeness (QED) is 0.682.